The van der Waals surface area contributed by atoms with Crippen LogP contribution < -0.4 is 0 Å². The zero-order valence-electron chi connectivity index (χ0n) is 14.6. The standard InChI is InChI=1S/C17H28O5S/c1-13(2)12-15(22-17(4,5)18)10-11-21-23(19,20)16-8-6-14(3)7-9-16/h6-9,13,15,18H,10-12H2,1-5H3/t15-/m0/s1. The molecular formula is C17H28O5S. The molecule has 0 saturated heterocycles. The van der Waals surface area contributed by atoms with Gasteiger partial charge in [0.1, 0.15) is 0 Å². The Morgan fingerprint density at radius 3 is 2.22 bits per heavy atom. The molecule has 1 aromatic carbocycles. The Balaban J connectivity index is 2.62. The van der Waals surface area contributed by atoms with Gasteiger partial charge in [-0.15, -0.1) is 0 Å². The van der Waals surface area contributed by atoms with Gasteiger partial charge in [-0.1, -0.05) is 31.5 Å². The maximum absolute atomic E-state index is 12.1. The molecule has 1 rings (SSSR count). The molecule has 0 aliphatic carbocycles. The number of rotatable bonds is 9. The van der Waals surface area contributed by atoms with Crippen LogP contribution in [0, 0.1) is 12.8 Å². The van der Waals surface area contributed by atoms with E-state index in [1.54, 1.807) is 26.0 Å². The van der Waals surface area contributed by atoms with Crippen molar-refractivity contribution in [2.75, 3.05) is 6.61 Å². The molecule has 1 atom stereocenters. The Morgan fingerprint density at radius 1 is 1.17 bits per heavy atom. The number of aliphatic hydroxyl groups is 1. The van der Waals surface area contributed by atoms with E-state index in [1.807, 2.05) is 20.8 Å². The van der Waals surface area contributed by atoms with E-state index < -0.39 is 15.9 Å². The van der Waals surface area contributed by atoms with Crippen molar-refractivity contribution >= 4 is 10.1 Å². The molecular weight excluding hydrogens is 316 g/mol. The monoisotopic (exact) mass is 344 g/mol. The summed E-state index contributed by atoms with van der Waals surface area (Å²) in [5.41, 5.74) is 0.986. The summed E-state index contributed by atoms with van der Waals surface area (Å²) in [6.07, 6.45) is 0.855. The van der Waals surface area contributed by atoms with Crippen molar-refractivity contribution < 1.29 is 22.4 Å². The lowest BCUT2D eigenvalue weighted by Gasteiger charge is -2.27. The van der Waals surface area contributed by atoms with Gasteiger partial charge in [0.25, 0.3) is 10.1 Å². The molecule has 0 aromatic heterocycles. The molecule has 5 nitrogen and oxygen atoms in total. The second kappa shape index (κ2) is 8.24. The van der Waals surface area contributed by atoms with Crippen LogP contribution in [0.2, 0.25) is 0 Å². The molecule has 0 spiro atoms. The van der Waals surface area contributed by atoms with Crippen molar-refractivity contribution in [3.05, 3.63) is 29.8 Å². The predicted molar refractivity (Wildman–Crippen MR) is 89.6 cm³/mol. The maximum Gasteiger partial charge on any atom is 0.296 e. The first kappa shape index (κ1) is 20.1. The van der Waals surface area contributed by atoms with Crippen LogP contribution in [0.1, 0.15) is 46.1 Å². The summed E-state index contributed by atoms with van der Waals surface area (Å²) in [4.78, 5) is 0.145. The molecule has 0 saturated carbocycles. The fourth-order valence-electron chi connectivity index (χ4n) is 2.22. The third-order valence-corrected chi connectivity index (χ3v) is 4.50. The van der Waals surface area contributed by atoms with Gasteiger partial charge in [-0.2, -0.15) is 8.42 Å². The van der Waals surface area contributed by atoms with Crippen LogP contribution in [0.25, 0.3) is 0 Å². The van der Waals surface area contributed by atoms with Gasteiger partial charge >= 0.3 is 0 Å². The van der Waals surface area contributed by atoms with Crippen molar-refractivity contribution in [2.45, 2.75) is 64.2 Å². The lowest BCUT2D eigenvalue weighted by atomic mass is 10.0. The maximum atomic E-state index is 12.1. The molecule has 0 fully saturated rings. The zero-order chi connectivity index (χ0) is 17.7. The Bertz CT molecular complexity index is 570. The molecule has 0 unspecified atom stereocenters. The number of hydrogen-bond donors (Lipinski definition) is 1. The molecule has 0 amide bonds. The van der Waals surface area contributed by atoms with Crippen LogP contribution in [0.5, 0.6) is 0 Å². The third-order valence-electron chi connectivity index (χ3n) is 3.18. The molecule has 1 aromatic rings. The van der Waals surface area contributed by atoms with Gasteiger partial charge < -0.3 is 9.84 Å². The molecule has 0 aliphatic heterocycles. The second-order valence-corrected chi connectivity index (χ2v) is 8.31. The van der Waals surface area contributed by atoms with E-state index >= 15 is 0 Å². The molecule has 23 heavy (non-hydrogen) atoms. The van der Waals surface area contributed by atoms with E-state index in [4.69, 9.17) is 8.92 Å². The van der Waals surface area contributed by atoms with Crippen LogP contribution in [0.4, 0.5) is 0 Å². The SMILES string of the molecule is Cc1ccc(S(=O)(=O)OCC[C@@H](CC(C)C)OC(C)(C)O)cc1. The summed E-state index contributed by atoms with van der Waals surface area (Å²) in [6.45, 7) is 9.12. The Morgan fingerprint density at radius 2 is 1.74 bits per heavy atom. The topological polar surface area (TPSA) is 72.8 Å². The fraction of sp³-hybridized carbons (Fsp3) is 0.647. The quantitative estimate of drug-likeness (QED) is 0.550. The molecule has 132 valence electrons. The average Bonchev–Trinajstić information content (AvgIpc) is 2.36. The van der Waals surface area contributed by atoms with Crippen molar-refractivity contribution in [1.82, 2.24) is 0 Å². The van der Waals surface area contributed by atoms with E-state index in [0.29, 0.717) is 12.3 Å². The van der Waals surface area contributed by atoms with Crippen molar-refractivity contribution in [1.29, 1.82) is 0 Å². The summed E-state index contributed by atoms with van der Waals surface area (Å²) in [7, 11) is -3.76. The summed E-state index contributed by atoms with van der Waals surface area (Å²) < 4.78 is 34.9. The van der Waals surface area contributed by atoms with Gasteiger partial charge in [0.15, 0.2) is 5.79 Å². The zero-order valence-corrected chi connectivity index (χ0v) is 15.4. The van der Waals surface area contributed by atoms with Crippen molar-refractivity contribution in [3.63, 3.8) is 0 Å². The largest absolute Gasteiger partial charge is 0.366 e. The summed E-state index contributed by atoms with van der Waals surface area (Å²) in [6, 6.07) is 6.53. The average molecular weight is 344 g/mol. The molecule has 0 heterocycles. The summed E-state index contributed by atoms with van der Waals surface area (Å²) >= 11 is 0. The number of hydrogen-bond acceptors (Lipinski definition) is 5. The number of aryl methyl sites for hydroxylation is 1. The van der Waals surface area contributed by atoms with Gasteiger partial charge in [0.05, 0.1) is 17.6 Å². The highest BCUT2D eigenvalue weighted by molar-refractivity contribution is 7.86. The smallest absolute Gasteiger partial charge is 0.296 e. The van der Waals surface area contributed by atoms with Crippen LogP contribution >= 0.6 is 0 Å². The second-order valence-electron chi connectivity index (χ2n) is 6.69. The third kappa shape index (κ3) is 7.92. The Labute approximate surface area is 139 Å². The minimum Gasteiger partial charge on any atom is -0.366 e. The molecule has 6 heteroatoms. The minimum absolute atomic E-state index is 0.0175. The van der Waals surface area contributed by atoms with Gasteiger partial charge in [0, 0.05) is 0 Å². The first-order valence-electron chi connectivity index (χ1n) is 7.86. The number of benzene rings is 1. The molecule has 0 aliphatic rings. The minimum atomic E-state index is -3.76. The fourth-order valence-corrected chi connectivity index (χ4v) is 3.14. The Kier molecular flexibility index (Phi) is 7.20. The summed E-state index contributed by atoms with van der Waals surface area (Å²) in [5, 5.41) is 9.78. The van der Waals surface area contributed by atoms with E-state index in [-0.39, 0.29) is 17.6 Å². The first-order valence-corrected chi connectivity index (χ1v) is 9.27. The van der Waals surface area contributed by atoms with E-state index in [9.17, 15) is 13.5 Å². The van der Waals surface area contributed by atoms with Crippen LogP contribution in [0.3, 0.4) is 0 Å². The molecule has 1 N–H and O–H groups in total. The lowest BCUT2D eigenvalue weighted by Crippen LogP contribution is -2.32. The highest BCUT2D eigenvalue weighted by atomic mass is 32.2. The number of ether oxygens (including phenoxy) is 1. The van der Waals surface area contributed by atoms with E-state index in [0.717, 1.165) is 12.0 Å². The first-order chi connectivity index (χ1) is 10.5. The van der Waals surface area contributed by atoms with Gasteiger partial charge in [-0.25, -0.2) is 0 Å². The predicted octanol–water partition coefficient (Wildman–Crippen LogP) is 3.25. The summed E-state index contributed by atoms with van der Waals surface area (Å²) in [5.74, 6) is -0.883. The van der Waals surface area contributed by atoms with Crippen LogP contribution in [-0.4, -0.2) is 32.0 Å². The van der Waals surface area contributed by atoms with Gasteiger partial charge in [-0.05, 0) is 51.7 Å². The van der Waals surface area contributed by atoms with Gasteiger partial charge in [0.2, 0.25) is 0 Å². The Hall–Kier alpha value is -0.950. The highest BCUT2D eigenvalue weighted by Gasteiger charge is 2.23. The normalized spacial score (nSPS) is 14.2. The van der Waals surface area contributed by atoms with Gasteiger partial charge in [-0.3, -0.25) is 4.18 Å². The lowest BCUT2D eigenvalue weighted by molar-refractivity contribution is -0.210. The van der Waals surface area contributed by atoms with Crippen LogP contribution in [-0.2, 0) is 19.0 Å². The molecule has 0 radical (unpaired) electrons. The van der Waals surface area contributed by atoms with Crippen molar-refractivity contribution in [3.8, 4) is 0 Å². The van der Waals surface area contributed by atoms with E-state index in [1.165, 1.54) is 12.1 Å². The van der Waals surface area contributed by atoms with Crippen LogP contribution in [0.15, 0.2) is 29.2 Å². The van der Waals surface area contributed by atoms with E-state index in [2.05, 4.69) is 0 Å². The molecule has 0 bridgehead atoms. The van der Waals surface area contributed by atoms with Crippen molar-refractivity contribution in [2.24, 2.45) is 5.92 Å². The highest BCUT2D eigenvalue weighted by Crippen LogP contribution is 2.19.